The van der Waals surface area contributed by atoms with Crippen LogP contribution in [0.25, 0.3) is 0 Å². The predicted molar refractivity (Wildman–Crippen MR) is 79.4 cm³/mol. The summed E-state index contributed by atoms with van der Waals surface area (Å²) in [6, 6.07) is 5.09. The first-order chi connectivity index (χ1) is 8.63. The summed E-state index contributed by atoms with van der Waals surface area (Å²) in [5.41, 5.74) is 4.56. The zero-order valence-corrected chi connectivity index (χ0v) is 12.3. The minimum Gasteiger partial charge on any atom is -0.271 e. The number of nitrogens with one attached hydrogen (secondary N) is 1. The van der Waals surface area contributed by atoms with Gasteiger partial charge in [0.2, 0.25) is 0 Å². The van der Waals surface area contributed by atoms with Crippen LogP contribution in [-0.2, 0) is 0 Å². The van der Waals surface area contributed by atoms with E-state index >= 15 is 0 Å². The topological polar surface area (TPSA) is 38.0 Å². The van der Waals surface area contributed by atoms with Gasteiger partial charge in [-0.1, -0.05) is 24.6 Å². The third-order valence-electron chi connectivity index (χ3n) is 3.23. The van der Waals surface area contributed by atoms with Gasteiger partial charge < -0.3 is 0 Å². The Bertz CT molecular complexity index is 414. The Balaban J connectivity index is 2.29. The van der Waals surface area contributed by atoms with Crippen LogP contribution < -0.4 is 11.3 Å². The molecule has 0 radical (unpaired) electrons. The fourth-order valence-corrected chi connectivity index (χ4v) is 5.20. The number of benzene rings is 1. The van der Waals surface area contributed by atoms with Gasteiger partial charge in [0.05, 0.1) is 6.04 Å². The second kappa shape index (κ2) is 6.28. The molecule has 2 nitrogen and oxygen atoms in total. The summed E-state index contributed by atoms with van der Waals surface area (Å²) < 4.78 is 14.0. The number of halogens is 1. The van der Waals surface area contributed by atoms with Gasteiger partial charge in [0.25, 0.3) is 0 Å². The molecule has 3 atom stereocenters. The first kappa shape index (κ1) is 14.2. The highest BCUT2D eigenvalue weighted by Gasteiger charge is 2.32. The third-order valence-corrected chi connectivity index (χ3v) is 6.43. The van der Waals surface area contributed by atoms with Gasteiger partial charge in [-0.3, -0.25) is 11.3 Å². The maximum absolute atomic E-state index is 14.0. The van der Waals surface area contributed by atoms with Crippen LogP contribution in [0.4, 0.5) is 4.39 Å². The quantitative estimate of drug-likeness (QED) is 0.662. The normalized spacial score (nSPS) is 26.0. The van der Waals surface area contributed by atoms with Gasteiger partial charge in [-0.05, 0) is 13.0 Å². The first-order valence-corrected chi connectivity index (χ1v) is 8.18. The van der Waals surface area contributed by atoms with Gasteiger partial charge >= 0.3 is 0 Å². The fourth-order valence-electron chi connectivity index (χ4n) is 2.28. The molecule has 2 rings (SSSR count). The first-order valence-electron chi connectivity index (χ1n) is 6.09. The summed E-state index contributed by atoms with van der Waals surface area (Å²) in [4.78, 5) is 0. The van der Waals surface area contributed by atoms with E-state index in [0.717, 1.165) is 17.1 Å². The molecule has 0 spiro atoms. The van der Waals surface area contributed by atoms with Gasteiger partial charge in [0.15, 0.2) is 0 Å². The smallest absolute Gasteiger partial charge is 0.128 e. The van der Waals surface area contributed by atoms with E-state index in [2.05, 4.69) is 12.3 Å². The molecule has 3 unspecified atom stereocenters. The molecule has 0 aliphatic carbocycles. The average molecular weight is 286 g/mol. The van der Waals surface area contributed by atoms with Crippen LogP contribution in [0.1, 0.15) is 24.1 Å². The van der Waals surface area contributed by atoms with Crippen molar-refractivity contribution in [2.24, 2.45) is 5.84 Å². The highest BCUT2D eigenvalue weighted by molar-refractivity contribution is 8.07. The van der Waals surface area contributed by atoms with E-state index < -0.39 is 0 Å². The van der Waals surface area contributed by atoms with Crippen LogP contribution in [-0.4, -0.2) is 22.0 Å². The lowest BCUT2D eigenvalue weighted by atomic mass is 9.99. The lowest BCUT2D eigenvalue weighted by Gasteiger charge is -2.34. The average Bonchev–Trinajstić information content (AvgIpc) is 2.36. The minimum absolute atomic E-state index is 0.127. The zero-order chi connectivity index (χ0) is 13.1. The summed E-state index contributed by atoms with van der Waals surface area (Å²) in [6.45, 7) is 4.17. The summed E-state index contributed by atoms with van der Waals surface area (Å²) in [5.74, 6) is 7.77. The molecule has 0 amide bonds. The number of hydrogen-bond donors (Lipinski definition) is 2. The third kappa shape index (κ3) is 3.02. The molecule has 1 heterocycles. The Morgan fingerprint density at radius 1 is 1.39 bits per heavy atom. The Morgan fingerprint density at radius 2 is 2.11 bits per heavy atom. The number of hydrazine groups is 1. The minimum atomic E-state index is -0.174. The molecule has 100 valence electrons. The summed E-state index contributed by atoms with van der Waals surface area (Å²) in [5, 5.41) is 0.787. The van der Waals surface area contributed by atoms with Crippen LogP contribution in [0.5, 0.6) is 0 Å². The maximum atomic E-state index is 14.0. The van der Waals surface area contributed by atoms with Crippen LogP contribution in [0.15, 0.2) is 18.2 Å². The van der Waals surface area contributed by atoms with E-state index in [1.807, 2.05) is 36.5 Å². The molecule has 18 heavy (non-hydrogen) atoms. The van der Waals surface area contributed by atoms with Crippen LogP contribution in [0, 0.1) is 12.7 Å². The van der Waals surface area contributed by atoms with E-state index in [1.165, 1.54) is 6.07 Å². The lowest BCUT2D eigenvalue weighted by Crippen LogP contribution is -2.41. The Hall–Kier alpha value is -0.230. The number of aryl methyl sites for hydroxylation is 1. The van der Waals surface area contributed by atoms with E-state index in [9.17, 15) is 4.39 Å². The van der Waals surface area contributed by atoms with Crippen molar-refractivity contribution in [1.82, 2.24) is 5.43 Å². The summed E-state index contributed by atoms with van der Waals surface area (Å²) in [7, 11) is 0. The molecule has 0 aromatic heterocycles. The Kier molecular flexibility index (Phi) is 4.95. The van der Waals surface area contributed by atoms with Crippen molar-refractivity contribution in [1.29, 1.82) is 0 Å². The van der Waals surface area contributed by atoms with Gasteiger partial charge in [0, 0.05) is 27.6 Å². The molecule has 0 bridgehead atoms. The number of nitrogens with two attached hydrogens (primary N) is 1. The van der Waals surface area contributed by atoms with Crippen molar-refractivity contribution >= 4 is 23.5 Å². The van der Waals surface area contributed by atoms with Crippen molar-refractivity contribution < 1.29 is 4.39 Å². The molecule has 1 fully saturated rings. The highest BCUT2D eigenvalue weighted by Crippen LogP contribution is 2.39. The molecule has 0 saturated carbocycles. The molecular formula is C13H19FN2S2. The van der Waals surface area contributed by atoms with E-state index in [4.69, 9.17) is 5.84 Å². The van der Waals surface area contributed by atoms with Crippen molar-refractivity contribution in [3.63, 3.8) is 0 Å². The lowest BCUT2D eigenvalue weighted by molar-refractivity contribution is 0.493. The van der Waals surface area contributed by atoms with E-state index in [0.29, 0.717) is 16.1 Å². The number of rotatable bonds is 3. The van der Waals surface area contributed by atoms with Gasteiger partial charge in [-0.15, -0.1) is 0 Å². The monoisotopic (exact) mass is 286 g/mol. The molecular weight excluding hydrogens is 267 g/mol. The van der Waals surface area contributed by atoms with Crippen molar-refractivity contribution in [3.8, 4) is 0 Å². The van der Waals surface area contributed by atoms with E-state index in [-0.39, 0.29) is 11.9 Å². The van der Waals surface area contributed by atoms with Gasteiger partial charge in [-0.2, -0.15) is 23.5 Å². The molecule has 1 aromatic rings. The van der Waals surface area contributed by atoms with Crippen LogP contribution in [0.2, 0.25) is 0 Å². The SMILES string of the molecule is Cc1ccc(F)c(C(NN)C2SCCSC2C)c1. The molecule has 5 heteroatoms. The molecule has 1 saturated heterocycles. The standard InChI is InChI=1S/C13H19FN2S2/c1-8-3-4-11(14)10(7-8)12(16-15)13-9(2)17-5-6-18-13/h3-4,7,9,12-13,16H,5-6,15H2,1-2H3. The van der Waals surface area contributed by atoms with Crippen molar-refractivity contribution in [2.75, 3.05) is 11.5 Å². The Morgan fingerprint density at radius 3 is 2.78 bits per heavy atom. The fraction of sp³-hybridized carbons (Fsp3) is 0.538. The molecule has 1 aliphatic rings. The van der Waals surface area contributed by atoms with Gasteiger partial charge in [0.1, 0.15) is 5.82 Å². The second-order valence-electron chi connectivity index (χ2n) is 4.58. The van der Waals surface area contributed by atoms with Gasteiger partial charge in [-0.25, -0.2) is 4.39 Å². The molecule has 1 aromatic carbocycles. The number of hydrogen-bond acceptors (Lipinski definition) is 4. The van der Waals surface area contributed by atoms with Crippen LogP contribution >= 0.6 is 23.5 Å². The second-order valence-corrected chi connectivity index (χ2v) is 7.35. The van der Waals surface area contributed by atoms with Crippen molar-refractivity contribution in [3.05, 3.63) is 35.1 Å². The van der Waals surface area contributed by atoms with Crippen molar-refractivity contribution in [2.45, 2.75) is 30.4 Å². The van der Waals surface area contributed by atoms with E-state index in [1.54, 1.807) is 6.07 Å². The maximum Gasteiger partial charge on any atom is 0.128 e. The Labute approximate surface area is 116 Å². The predicted octanol–water partition coefficient (Wildman–Crippen LogP) is 2.88. The zero-order valence-electron chi connectivity index (χ0n) is 10.7. The number of thioether (sulfide) groups is 2. The highest BCUT2D eigenvalue weighted by atomic mass is 32.2. The molecule has 3 N–H and O–H groups in total. The van der Waals surface area contributed by atoms with Crippen LogP contribution in [0.3, 0.4) is 0 Å². The largest absolute Gasteiger partial charge is 0.271 e. The summed E-state index contributed by atoms with van der Waals surface area (Å²) >= 11 is 3.82. The molecule has 1 aliphatic heterocycles. The summed E-state index contributed by atoms with van der Waals surface area (Å²) in [6.07, 6.45) is 0.